The van der Waals surface area contributed by atoms with Gasteiger partial charge in [-0.1, -0.05) is 13.8 Å². The fraction of sp³-hybridized carbons (Fsp3) is 0.600. The van der Waals surface area contributed by atoms with Crippen molar-refractivity contribution in [1.82, 2.24) is 15.5 Å². The van der Waals surface area contributed by atoms with Gasteiger partial charge in [0.15, 0.2) is 0 Å². The fourth-order valence-corrected chi connectivity index (χ4v) is 3.36. The van der Waals surface area contributed by atoms with Gasteiger partial charge in [0, 0.05) is 24.7 Å². The van der Waals surface area contributed by atoms with E-state index in [9.17, 15) is 14.0 Å². The molecule has 0 bridgehead atoms. The monoisotopic (exact) mass is 378 g/mol. The largest absolute Gasteiger partial charge is 0.336 e. The minimum Gasteiger partial charge on any atom is -0.336 e. The summed E-state index contributed by atoms with van der Waals surface area (Å²) < 4.78 is 13.0. The summed E-state index contributed by atoms with van der Waals surface area (Å²) in [5.74, 6) is -0.409. The van der Waals surface area contributed by atoms with Crippen molar-refractivity contribution in [3.63, 3.8) is 0 Å². The molecule has 0 spiro atoms. The van der Waals surface area contributed by atoms with Crippen LogP contribution in [0.5, 0.6) is 0 Å². The maximum absolute atomic E-state index is 13.0. The molecule has 3 amide bonds. The van der Waals surface area contributed by atoms with Gasteiger partial charge in [-0.3, -0.25) is 4.79 Å². The molecule has 0 aliphatic carbocycles. The molecular weight excluding hydrogens is 347 g/mol. The van der Waals surface area contributed by atoms with Crippen LogP contribution >= 0.6 is 0 Å². The third kappa shape index (κ3) is 6.50. The summed E-state index contributed by atoms with van der Waals surface area (Å²) >= 11 is 0. The van der Waals surface area contributed by atoms with E-state index >= 15 is 0 Å². The summed E-state index contributed by atoms with van der Waals surface area (Å²) in [4.78, 5) is 28.3. The minimum atomic E-state index is -0.338. The molecule has 1 aromatic rings. The Hall–Kier alpha value is -2.15. The quantitative estimate of drug-likeness (QED) is 0.694. The third-order valence-corrected chi connectivity index (χ3v) is 4.98. The molecule has 2 N–H and O–H groups in total. The van der Waals surface area contributed by atoms with Crippen LogP contribution in [0.25, 0.3) is 0 Å². The molecule has 1 aromatic carbocycles. The van der Waals surface area contributed by atoms with Gasteiger partial charge in [0.05, 0.1) is 6.04 Å². The molecule has 150 valence electrons. The van der Waals surface area contributed by atoms with Gasteiger partial charge < -0.3 is 20.4 Å². The first kappa shape index (κ1) is 21.2. The number of benzene rings is 1. The van der Waals surface area contributed by atoms with Crippen LogP contribution in [0.1, 0.15) is 40.0 Å². The lowest BCUT2D eigenvalue weighted by molar-refractivity contribution is -0.117. The molecule has 0 radical (unpaired) electrons. The highest BCUT2D eigenvalue weighted by atomic mass is 19.1. The van der Waals surface area contributed by atoms with Gasteiger partial charge in [0.2, 0.25) is 5.91 Å². The summed E-state index contributed by atoms with van der Waals surface area (Å²) in [7, 11) is 0. The maximum Gasteiger partial charge on any atom is 0.315 e. The number of carbonyl (C=O) groups excluding carboxylic acids is 2. The van der Waals surface area contributed by atoms with Crippen LogP contribution in [0.15, 0.2) is 24.3 Å². The van der Waals surface area contributed by atoms with Gasteiger partial charge in [0.25, 0.3) is 0 Å². The number of nitrogens with one attached hydrogen (secondary N) is 2. The summed E-state index contributed by atoms with van der Waals surface area (Å²) in [6.45, 7) is 9.80. The van der Waals surface area contributed by atoms with Gasteiger partial charge in [-0.05, 0) is 63.7 Å². The lowest BCUT2D eigenvalue weighted by Gasteiger charge is -2.21. The van der Waals surface area contributed by atoms with E-state index in [2.05, 4.69) is 29.4 Å². The number of carbonyl (C=O) groups is 2. The molecule has 1 heterocycles. The second-order valence-electron chi connectivity index (χ2n) is 7.07. The van der Waals surface area contributed by atoms with E-state index in [1.165, 1.54) is 12.1 Å². The van der Waals surface area contributed by atoms with Crippen molar-refractivity contribution in [3.05, 3.63) is 30.1 Å². The Kier molecular flexibility index (Phi) is 8.03. The number of halogens is 1. The molecule has 0 aromatic heterocycles. The van der Waals surface area contributed by atoms with Crippen LogP contribution < -0.4 is 15.5 Å². The molecule has 0 saturated carbocycles. The van der Waals surface area contributed by atoms with Crippen molar-refractivity contribution in [1.29, 1.82) is 0 Å². The van der Waals surface area contributed by atoms with Gasteiger partial charge in [0.1, 0.15) is 5.82 Å². The molecule has 1 saturated heterocycles. The number of rotatable bonds is 9. The van der Waals surface area contributed by atoms with Crippen molar-refractivity contribution >= 4 is 17.6 Å². The Balaban J connectivity index is 1.74. The highest BCUT2D eigenvalue weighted by molar-refractivity contribution is 5.96. The number of amides is 3. The minimum absolute atomic E-state index is 0.0702. The molecule has 2 atom stereocenters. The number of anilines is 1. The fourth-order valence-electron chi connectivity index (χ4n) is 3.36. The van der Waals surface area contributed by atoms with Gasteiger partial charge in [-0.25, -0.2) is 9.18 Å². The van der Waals surface area contributed by atoms with Gasteiger partial charge in [-0.15, -0.1) is 0 Å². The molecule has 27 heavy (non-hydrogen) atoms. The first-order valence-electron chi connectivity index (χ1n) is 9.78. The van der Waals surface area contributed by atoms with E-state index in [0.717, 1.165) is 32.5 Å². The Morgan fingerprint density at radius 3 is 2.59 bits per heavy atom. The zero-order valence-corrected chi connectivity index (χ0v) is 16.5. The Bertz CT molecular complexity index is 619. The number of urea groups is 1. The molecule has 2 rings (SSSR count). The molecule has 1 fully saturated rings. The SMILES string of the molecule is CCN(CC)CCC[C@H](C)NC(=O)N[C@@H]1CC(=O)N(c2ccc(F)cc2)C1. The van der Waals surface area contributed by atoms with Crippen LogP contribution in [-0.2, 0) is 4.79 Å². The first-order valence-corrected chi connectivity index (χ1v) is 9.78. The van der Waals surface area contributed by atoms with Crippen molar-refractivity contribution in [2.75, 3.05) is 31.1 Å². The maximum atomic E-state index is 13.0. The molecule has 7 heteroatoms. The van der Waals surface area contributed by atoms with Gasteiger partial charge in [-0.2, -0.15) is 0 Å². The average Bonchev–Trinajstić information content (AvgIpc) is 2.99. The summed E-state index contributed by atoms with van der Waals surface area (Å²) in [5.41, 5.74) is 0.649. The first-order chi connectivity index (χ1) is 12.9. The Labute approximate surface area is 161 Å². The zero-order valence-electron chi connectivity index (χ0n) is 16.5. The topological polar surface area (TPSA) is 64.7 Å². The molecule has 1 aliphatic rings. The van der Waals surface area contributed by atoms with E-state index in [0.29, 0.717) is 12.2 Å². The van der Waals surface area contributed by atoms with Gasteiger partial charge >= 0.3 is 6.03 Å². The van der Waals surface area contributed by atoms with Crippen molar-refractivity contribution < 1.29 is 14.0 Å². The van der Waals surface area contributed by atoms with E-state index in [4.69, 9.17) is 0 Å². The molecule has 6 nitrogen and oxygen atoms in total. The molecular formula is C20H31FN4O2. The van der Waals surface area contributed by atoms with Crippen LogP contribution in [0, 0.1) is 5.82 Å². The molecule has 1 aliphatic heterocycles. The number of nitrogens with zero attached hydrogens (tertiary/aromatic N) is 2. The van der Waals surface area contributed by atoms with E-state index in [1.807, 2.05) is 6.92 Å². The van der Waals surface area contributed by atoms with Crippen molar-refractivity contribution in [3.8, 4) is 0 Å². The predicted octanol–water partition coefficient (Wildman–Crippen LogP) is 2.74. The standard InChI is InChI=1S/C20H31FN4O2/c1-4-24(5-2)12-6-7-15(3)22-20(27)23-17-13-19(26)25(14-17)18-10-8-16(21)9-11-18/h8-11,15,17H,4-7,12-14H2,1-3H3,(H2,22,23,27)/t15-,17+/m0/s1. The Morgan fingerprint density at radius 1 is 1.30 bits per heavy atom. The van der Waals surface area contributed by atoms with Crippen LogP contribution in [0.4, 0.5) is 14.9 Å². The Morgan fingerprint density at radius 2 is 1.96 bits per heavy atom. The van der Waals surface area contributed by atoms with Crippen LogP contribution in [0.3, 0.4) is 0 Å². The van der Waals surface area contributed by atoms with Crippen molar-refractivity contribution in [2.45, 2.75) is 52.1 Å². The summed E-state index contributed by atoms with van der Waals surface area (Å²) in [6.07, 6.45) is 2.19. The lowest BCUT2D eigenvalue weighted by atomic mass is 10.2. The normalized spacial score (nSPS) is 18.0. The predicted molar refractivity (Wildman–Crippen MR) is 105 cm³/mol. The second kappa shape index (κ2) is 10.3. The highest BCUT2D eigenvalue weighted by Gasteiger charge is 2.31. The highest BCUT2D eigenvalue weighted by Crippen LogP contribution is 2.21. The van der Waals surface area contributed by atoms with E-state index in [1.54, 1.807) is 17.0 Å². The summed E-state index contributed by atoms with van der Waals surface area (Å²) in [6, 6.07) is 5.40. The number of hydrogen-bond donors (Lipinski definition) is 2. The van der Waals surface area contributed by atoms with Crippen molar-refractivity contribution in [2.24, 2.45) is 0 Å². The number of hydrogen-bond acceptors (Lipinski definition) is 3. The van der Waals surface area contributed by atoms with Crippen LogP contribution in [-0.4, -0.2) is 55.1 Å². The van der Waals surface area contributed by atoms with E-state index in [-0.39, 0.29) is 36.3 Å². The average molecular weight is 378 g/mol. The second-order valence-corrected chi connectivity index (χ2v) is 7.07. The third-order valence-electron chi connectivity index (χ3n) is 4.98. The van der Waals surface area contributed by atoms with E-state index < -0.39 is 0 Å². The van der Waals surface area contributed by atoms with Crippen LogP contribution in [0.2, 0.25) is 0 Å². The summed E-state index contributed by atoms with van der Waals surface area (Å²) in [5, 5.41) is 5.82. The molecule has 0 unspecified atom stereocenters. The zero-order chi connectivity index (χ0) is 19.8. The lowest BCUT2D eigenvalue weighted by Crippen LogP contribution is -2.46. The smallest absolute Gasteiger partial charge is 0.315 e.